The molecule has 0 unspecified atom stereocenters. The van der Waals surface area contributed by atoms with Crippen molar-refractivity contribution < 1.29 is 5.21 Å². The number of nitrogens with zero attached hydrogens (tertiary/aromatic N) is 1. The molecule has 1 saturated heterocycles. The molecule has 0 aliphatic carbocycles. The molecule has 0 bridgehead atoms. The number of oxime groups is 1. The van der Waals surface area contributed by atoms with E-state index in [0.717, 1.165) is 16.5 Å². The van der Waals surface area contributed by atoms with Crippen molar-refractivity contribution in [2.45, 2.75) is 18.6 Å². The van der Waals surface area contributed by atoms with Crippen molar-refractivity contribution in [2.24, 2.45) is 5.16 Å². The van der Waals surface area contributed by atoms with Gasteiger partial charge in [0, 0.05) is 11.5 Å². The SMILES string of the molecule is CC1(C)SCCSC1=NO. The van der Waals surface area contributed by atoms with Gasteiger partial charge in [-0.1, -0.05) is 5.16 Å². The molecule has 2 nitrogen and oxygen atoms in total. The van der Waals surface area contributed by atoms with Crippen molar-refractivity contribution in [2.75, 3.05) is 11.5 Å². The average molecular weight is 177 g/mol. The van der Waals surface area contributed by atoms with Crippen LogP contribution in [0.15, 0.2) is 5.16 Å². The molecule has 1 aliphatic heterocycles. The van der Waals surface area contributed by atoms with Crippen LogP contribution < -0.4 is 0 Å². The second-order valence-corrected chi connectivity index (χ2v) is 5.41. The highest BCUT2D eigenvalue weighted by Gasteiger charge is 2.30. The summed E-state index contributed by atoms with van der Waals surface area (Å²) >= 11 is 3.49. The lowest BCUT2D eigenvalue weighted by Gasteiger charge is -2.28. The molecule has 0 aromatic heterocycles. The standard InChI is InChI=1S/C6H11NOS2/c1-6(2)5(7-8)9-3-4-10-6/h8H,3-4H2,1-2H3. The van der Waals surface area contributed by atoms with E-state index in [1.54, 1.807) is 11.8 Å². The summed E-state index contributed by atoms with van der Waals surface area (Å²) < 4.78 is 0.0255. The Balaban J connectivity index is 2.70. The summed E-state index contributed by atoms with van der Waals surface area (Å²) in [5, 5.41) is 12.7. The van der Waals surface area contributed by atoms with Gasteiger partial charge in [-0.25, -0.2) is 0 Å². The maximum absolute atomic E-state index is 8.58. The molecule has 10 heavy (non-hydrogen) atoms. The van der Waals surface area contributed by atoms with Crippen LogP contribution in [-0.2, 0) is 0 Å². The zero-order valence-corrected chi connectivity index (χ0v) is 7.76. The van der Waals surface area contributed by atoms with Crippen LogP contribution in [0.3, 0.4) is 0 Å². The van der Waals surface area contributed by atoms with Crippen molar-refractivity contribution in [3.63, 3.8) is 0 Å². The van der Waals surface area contributed by atoms with Crippen LogP contribution in [0.5, 0.6) is 0 Å². The van der Waals surface area contributed by atoms with Crippen LogP contribution in [0.1, 0.15) is 13.8 Å². The Kier molecular flexibility index (Phi) is 2.52. The predicted molar refractivity (Wildman–Crippen MR) is 48.2 cm³/mol. The maximum Gasteiger partial charge on any atom is 0.128 e. The van der Waals surface area contributed by atoms with E-state index in [2.05, 4.69) is 19.0 Å². The van der Waals surface area contributed by atoms with Crippen molar-refractivity contribution in [3.8, 4) is 0 Å². The molecule has 1 heterocycles. The van der Waals surface area contributed by atoms with E-state index in [-0.39, 0.29) is 4.75 Å². The van der Waals surface area contributed by atoms with Crippen LogP contribution >= 0.6 is 23.5 Å². The topological polar surface area (TPSA) is 32.6 Å². The Bertz CT molecular complexity index is 156. The minimum absolute atomic E-state index is 0.0255. The predicted octanol–water partition coefficient (Wildman–Crippen LogP) is 2.03. The zero-order chi connectivity index (χ0) is 7.61. The van der Waals surface area contributed by atoms with Gasteiger partial charge < -0.3 is 5.21 Å². The van der Waals surface area contributed by atoms with Crippen molar-refractivity contribution >= 4 is 28.6 Å². The van der Waals surface area contributed by atoms with Crippen LogP contribution in [0.4, 0.5) is 0 Å². The van der Waals surface area contributed by atoms with Gasteiger partial charge in [0.1, 0.15) is 5.04 Å². The van der Waals surface area contributed by atoms with E-state index in [0.29, 0.717) is 0 Å². The van der Waals surface area contributed by atoms with Crippen molar-refractivity contribution in [1.29, 1.82) is 0 Å². The fourth-order valence-corrected chi connectivity index (χ4v) is 3.11. The van der Waals surface area contributed by atoms with Gasteiger partial charge >= 0.3 is 0 Å². The van der Waals surface area contributed by atoms with E-state index in [1.165, 1.54) is 0 Å². The fourth-order valence-electron chi connectivity index (χ4n) is 0.820. The summed E-state index contributed by atoms with van der Waals surface area (Å²) in [6.45, 7) is 4.16. The van der Waals surface area contributed by atoms with Gasteiger partial charge in [0.25, 0.3) is 0 Å². The third-order valence-electron chi connectivity index (χ3n) is 1.39. The molecular weight excluding hydrogens is 166 g/mol. The lowest BCUT2D eigenvalue weighted by Crippen LogP contribution is -2.30. The minimum Gasteiger partial charge on any atom is -0.410 e. The van der Waals surface area contributed by atoms with Crippen LogP contribution in [0, 0.1) is 0 Å². The third kappa shape index (κ3) is 1.61. The molecule has 0 atom stereocenters. The summed E-state index contributed by atoms with van der Waals surface area (Å²) in [5.74, 6) is 2.21. The Morgan fingerprint density at radius 3 is 2.60 bits per heavy atom. The molecular formula is C6H11NOS2. The van der Waals surface area contributed by atoms with E-state index >= 15 is 0 Å². The lowest BCUT2D eigenvalue weighted by atomic mass is 10.2. The van der Waals surface area contributed by atoms with Crippen LogP contribution in [-0.4, -0.2) is 26.5 Å². The number of hydrogen-bond donors (Lipinski definition) is 1. The summed E-state index contributed by atoms with van der Waals surface area (Å²) in [6.07, 6.45) is 0. The zero-order valence-electron chi connectivity index (χ0n) is 6.13. The summed E-state index contributed by atoms with van der Waals surface area (Å²) in [7, 11) is 0. The summed E-state index contributed by atoms with van der Waals surface area (Å²) in [5.41, 5.74) is 0. The monoisotopic (exact) mass is 177 g/mol. The van der Waals surface area contributed by atoms with Gasteiger partial charge in [0.15, 0.2) is 0 Å². The molecule has 0 aromatic rings. The minimum atomic E-state index is 0.0255. The van der Waals surface area contributed by atoms with Gasteiger partial charge in [0.05, 0.1) is 4.75 Å². The van der Waals surface area contributed by atoms with Gasteiger partial charge in [0.2, 0.25) is 0 Å². The highest BCUT2D eigenvalue weighted by atomic mass is 32.2. The Morgan fingerprint density at radius 2 is 2.20 bits per heavy atom. The highest BCUT2D eigenvalue weighted by Crippen LogP contribution is 2.36. The molecule has 0 aromatic carbocycles. The van der Waals surface area contributed by atoms with Crippen molar-refractivity contribution in [3.05, 3.63) is 0 Å². The molecule has 0 amide bonds. The molecule has 1 fully saturated rings. The lowest BCUT2D eigenvalue weighted by molar-refractivity contribution is 0.318. The first-order valence-corrected chi connectivity index (χ1v) is 5.13. The second-order valence-electron chi connectivity index (χ2n) is 2.61. The quantitative estimate of drug-likeness (QED) is 0.454. The largest absolute Gasteiger partial charge is 0.410 e. The van der Waals surface area contributed by atoms with E-state index in [4.69, 9.17) is 5.21 Å². The average Bonchev–Trinajstić information content (AvgIpc) is 1.87. The Labute approximate surface area is 69.4 Å². The van der Waals surface area contributed by atoms with E-state index in [1.807, 2.05) is 11.8 Å². The summed E-state index contributed by atoms with van der Waals surface area (Å²) in [4.78, 5) is 0. The van der Waals surface area contributed by atoms with Gasteiger partial charge in [-0.15, -0.1) is 23.5 Å². The van der Waals surface area contributed by atoms with Gasteiger partial charge in [-0.05, 0) is 13.8 Å². The maximum atomic E-state index is 8.58. The van der Waals surface area contributed by atoms with Crippen molar-refractivity contribution in [1.82, 2.24) is 0 Å². The fraction of sp³-hybridized carbons (Fsp3) is 0.833. The molecule has 0 spiro atoms. The molecule has 0 saturated carbocycles. The molecule has 1 aliphatic rings. The normalized spacial score (nSPS) is 28.8. The first-order chi connectivity index (χ1) is 4.67. The van der Waals surface area contributed by atoms with Gasteiger partial charge in [-0.2, -0.15) is 0 Å². The van der Waals surface area contributed by atoms with Crippen LogP contribution in [0.25, 0.3) is 0 Å². The number of rotatable bonds is 0. The highest BCUT2D eigenvalue weighted by molar-refractivity contribution is 8.18. The molecule has 58 valence electrons. The molecule has 4 heteroatoms. The van der Waals surface area contributed by atoms with Gasteiger partial charge in [-0.3, -0.25) is 0 Å². The smallest absolute Gasteiger partial charge is 0.128 e. The molecule has 0 radical (unpaired) electrons. The molecule has 1 rings (SSSR count). The Hall–Kier alpha value is 0.170. The molecule has 1 N–H and O–H groups in total. The first-order valence-electron chi connectivity index (χ1n) is 3.16. The van der Waals surface area contributed by atoms with E-state index < -0.39 is 0 Å². The Morgan fingerprint density at radius 1 is 1.50 bits per heavy atom. The number of hydrogen-bond acceptors (Lipinski definition) is 4. The number of thioether (sulfide) groups is 2. The third-order valence-corrected chi connectivity index (χ3v) is 4.38. The second kappa shape index (κ2) is 3.05. The first kappa shape index (κ1) is 8.27. The van der Waals surface area contributed by atoms with Crippen LogP contribution in [0.2, 0.25) is 0 Å². The van der Waals surface area contributed by atoms with E-state index in [9.17, 15) is 0 Å². The summed E-state index contributed by atoms with van der Waals surface area (Å²) in [6, 6.07) is 0.